The van der Waals surface area contributed by atoms with E-state index in [1.54, 1.807) is 12.1 Å². The van der Waals surface area contributed by atoms with Gasteiger partial charge in [-0.15, -0.1) is 0 Å². The predicted molar refractivity (Wildman–Crippen MR) is 146 cm³/mol. The smallest absolute Gasteiger partial charge is 0.115 e. The van der Waals surface area contributed by atoms with Crippen molar-refractivity contribution in [1.82, 2.24) is 0 Å². The molecule has 1 N–H and O–H groups in total. The minimum atomic E-state index is -0.0818. The monoisotopic (exact) mass is 453 g/mol. The maximum atomic E-state index is 9.99. The molecule has 2 heteroatoms. The maximum Gasteiger partial charge on any atom is 0.115 e. The normalized spacial score (nSPS) is 13.2. The maximum absolute atomic E-state index is 9.99. The van der Waals surface area contributed by atoms with Gasteiger partial charge in [-0.2, -0.15) is 0 Å². The number of phenolic OH excluding ortho intramolecular Hbond substituents is 1. The number of fused-ring (bicyclic) bond motifs is 3. The topological polar surface area (TPSA) is 23.5 Å². The van der Waals surface area contributed by atoms with Crippen LogP contribution in [0.3, 0.4) is 0 Å². The molecule has 0 aliphatic heterocycles. The summed E-state index contributed by atoms with van der Waals surface area (Å²) < 4.78 is 0. The zero-order chi connectivity index (χ0) is 24.0. The number of rotatable bonds is 4. The largest absolute Gasteiger partial charge is 0.508 e. The summed E-state index contributed by atoms with van der Waals surface area (Å²) in [6.07, 6.45) is 0. The number of para-hydroxylation sites is 1. The number of hydrogen-bond donors (Lipinski definition) is 1. The van der Waals surface area contributed by atoms with Crippen LogP contribution in [0.15, 0.2) is 121 Å². The summed E-state index contributed by atoms with van der Waals surface area (Å²) in [6, 6.07) is 42.0. The molecular formula is C33H27NO. The Labute approximate surface area is 206 Å². The van der Waals surface area contributed by atoms with Crippen molar-refractivity contribution in [1.29, 1.82) is 0 Å². The zero-order valence-electron chi connectivity index (χ0n) is 19.9. The molecule has 0 spiro atoms. The lowest BCUT2D eigenvalue weighted by Crippen LogP contribution is -2.16. The van der Waals surface area contributed by atoms with E-state index in [1.807, 2.05) is 18.2 Å². The minimum Gasteiger partial charge on any atom is -0.508 e. The van der Waals surface area contributed by atoms with Crippen molar-refractivity contribution in [3.05, 3.63) is 132 Å². The van der Waals surface area contributed by atoms with E-state index in [0.717, 1.165) is 22.6 Å². The summed E-state index contributed by atoms with van der Waals surface area (Å²) in [5, 5.41) is 9.99. The van der Waals surface area contributed by atoms with Crippen LogP contribution in [0, 0.1) is 0 Å². The van der Waals surface area contributed by atoms with E-state index in [0.29, 0.717) is 0 Å². The van der Waals surface area contributed by atoms with Crippen molar-refractivity contribution in [2.24, 2.45) is 0 Å². The molecule has 6 rings (SSSR count). The molecule has 0 saturated carbocycles. The molecule has 0 heterocycles. The molecule has 35 heavy (non-hydrogen) atoms. The van der Waals surface area contributed by atoms with Gasteiger partial charge in [0, 0.05) is 22.4 Å². The van der Waals surface area contributed by atoms with Crippen molar-refractivity contribution in [2.75, 3.05) is 4.90 Å². The predicted octanol–water partition coefficient (Wildman–Crippen LogP) is 8.84. The molecule has 0 bridgehead atoms. The Morgan fingerprint density at radius 2 is 1.14 bits per heavy atom. The van der Waals surface area contributed by atoms with Gasteiger partial charge < -0.3 is 10.0 Å². The van der Waals surface area contributed by atoms with Crippen LogP contribution in [0.2, 0.25) is 0 Å². The van der Waals surface area contributed by atoms with Crippen LogP contribution >= 0.6 is 0 Å². The Morgan fingerprint density at radius 1 is 0.543 bits per heavy atom. The molecule has 0 saturated heterocycles. The quantitative estimate of drug-likeness (QED) is 0.294. The molecule has 5 aromatic carbocycles. The molecular weight excluding hydrogens is 426 g/mol. The van der Waals surface area contributed by atoms with Gasteiger partial charge >= 0.3 is 0 Å². The first-order chi connectivity index (χ1) is 17.0. The number of phenols is 1. The third kappa shape index (κ3) is 3.50. The van der Waals surface area contributed by atoms with Crippen molar-refractivity contribution >= 4 is 17.1 Å². The van der Waals surface area contributed by atoms with Crippen molar-refractivity contribution in [3.8, 4) is 28.0 Å². The standard InChI is InChI=1S/C33H27NO/c1-33(2)30-14-8-6-13-28(30)29-21-18-25(22-31(29)33)34(24-16-19-26(35)20-17-24)32-15-9-7-12-27(32)23-10-4-3-5-11-23/h3-22,35H,1-2H3. The van der Waals surface area contributed by atoms with E-state index in [1.165, 1.54) is 27.8 Å². The second kappa shape index (κ2) is 8.18. The van der Waals surface area contributed by atoms with Crippen molar-refractivity contribution < 1.29 is 5.11 Å². The molecule has 5 aromatic rings. The first-order valence-electron chi connectivity index (χ1n) is 12.0. The first kappa shape index (κ1) is 21.2. The highest BCUT2D eigenvalue weighted by Gasteiger charge is 2.35. The fraction of sp³-hybridized carbons (Fsp3) is 0.0909. The van der Waals surface area contributed by atoms with Gasteiger partial charge in [-0.3, -0.25) is 0 Å². The fourth-order valence-corrected chi connectivity index (χ4v) is 5.39. The summed E-state index contributed by atoms with van der Waals surface area (Å²) in [7, 11) is 0. The summed E-state index contributed by atoms with van der Waals surface area (Å²) in [5.41, 5.74) is 10.8. The molecule has 0 aromatic heterocycles. The Morgan fingerprint density at radius 3 is 1.91 bits per heavy atom. The molecule has 170 valence electrons. The van der Waals surface area contributed by atoms with Gasteiger partial charge in [-0.1, -0.05) is 92.7 Å². The molecule has 1 aliphatic rings. The van der Waals surface area contributed by atoms with Gasteiger partial charge in [0.05, 0.1) is 5.69 Å². The van der Waals surface area contributed by atoms with Crippen LogP contribution in [0.4, 0.5) is 17.1 Å². The molecule has 0 unspecified atom stereocenters. The average Bonchev–Trinajstić information content (AvgIpc) is 3.13. The summed E-state index contributed by atoms with van der Waals surface area (Å²) >= 11 is 0. The Bertz CT molecular complexity index is 1520. The van der Waals surface area contributed by atoms with E-state index in [-0.39, 0.29) is 11.2 Å². The summed E-state index contributed by atoms with van der Waals surface area (Å²) in [6.45, 7) is 4.62. The van der Waals surface area contributed by atoms with E-state index >= 15 is 0 Å². The van der Waals surface area contributed by atoms with Crippen molar-refractivity contribution in [2.45, 2.75) is 19.3 Å². The highest BCUT2D eigenvalue weighted by Crippen LogP contribution is 2.51. The molecule has 0 radical (unpaired) electrons. The van der Waals surface area contributed by atoms with Gasteiger partial charge in [0.1, 0.15) is 5.75 Å². The number of nitrogens with zero attached hydrogens (tertiary/aromatic N) is 1. The van der Waals surface area contributed by atoms with Gasteiger partial charge in [0.15, 0.2) is 0 Å². The van der Waals surface area contributed by atoms with E-state index in [9.17, 15) is 5.11 Å². The second-order valence-electron chi connectivity index (χ2n) is 9.64. The van der Waals surface area contributed by atoms with E-state index in [4.69, 9.17) is 0 Å². The lowest BCUT2D eigenvalue weighted by atomic mass is 9.82. The Kier molecular flexibility index (Phi) is 4.96. The Balaban J connectivity index is 1.57. The van der Waals surface area contributed by atoms with Gasteiger partial charge in [-0.25, -0.2) is 0 Å². The van der Waals surface area contributed by atoms with Crippen LogP contribution in [0.25, 0.3) is 22.3 Å². The molecule has 0 amide bonds. The van der Waals surface area contributed by atoms with Crippen molar-refractivity contribution in [3.63, 3.8) is 0 Å². The van der Waals surface area contributed by atoms with Crippen LogP contribution in [-0.4, -0.2) is 5.11 Å². The van der Waals surface area contributed by atoms with Crippen LogP contribution < -0.4 is 4.90 Å². The fourth-order valence-electron chi connectivity index (χ4n) is 5.39. The van der Waals surface area contributed by atoms with Crippen LogP contribution in [0.5, 0.6) is 5.75 Å². The second-order valence-corrected chi connectivity index (χ2v) is 9.64. The SMILES string of the molecule is CC1(C)c2ccccc2-c2ccc(N(c3ccc(O)cc3)c3ccccc3-c3ccccc3)cc21. The number of benzene rings is 5. The molecule has 2 nitrogen and oxygen atoms in total. The zero-order valence-corrected chi connectivity index (χ0v) is 19.9. The highest BCUT2D eigenvalue weighted by molar-refractivity contribution is 5.90. The average molecular weight is 454 g/mol. The molecule has 1 aliphatic carbocycles. The van der Waals surface area contributed by atoms with Crippen LogP contribution in [-0.2, 0) is 5.41 Å². The lowest BCUT2D eigenvalue weighted by molar-refractivity contribution is 0.475. The van der Waals surface area contributed by atoms with Gasteiger partial charge in [0.2, 0.25) is 0 Å². The third-order valence-electron chi connectivity index (χ3n) is 7.16. The first-order valence-corrected chi connectivity index (χ1v) is 12.0. The lowest BCUT2D eigenvalue weighted by Gasteiger charge is -2.29. The number of aromatic hydroxyl groups is 1. The third-order valence-corrected chi connectivity index (χ3v) is 7.16. The Hall–Kier alpha value is -4.30. The van der Waals surface area contributed by atoms with Gasteiger partial charge in [-0.05, 0) is 70.3 Å². The summed E-state index contributed by atoms with van der Waals surface area (Å²) in [4.78, 5) is 2.29. The van der Waals surface area contributed by atoms with Gasteiger partial charge in [0.25, 0.3) is 0 Å². The van der Waals surface area contributed by atoms with E-state index in [2.05, 4.69) is 110 Å². The van der Waals surface area contributed by atoms with Crippen LogP contribution in [0.1, 0.15) is 25.0 Å². The van der Waals surface area contributed by atoms with E-state index < -0.39 is 0 Å². The number of hydrogen-bond acceptors (Lipinski definition) is 2. The number of anilines is 3. The minimum absolute atomic E-state index is 0.0818. The highest BCUT2D eigenvalue weighted by atomic mass is 16.3. The summed E-state index contributed by atoms with van der Waals surface area (Å²) in [5.74, 6) is 0.260. The molecule has 0 fully saturated rings. The molecule has 0 atom stereocenters.